The Morgan fingerprint density at radius 1 is 1.54 bits per heavy atom. The van der Waals surface area contributed by atoms with E-state index >= 15 is 0 Å². The number of nitrogen functional groups attached to an aromatic ring is 1. The van der Waals surface area contributed by atoms with Gasteiger partial charge in [0.05, 0.1) is 5.69 Å². The topological polar surface area (TPSA) is 54.2 Å². The Bertz CT molecular complexity index is 493. The first-order chi connectivity index (χ1) is 6.34. The fraction of sp³-hybridized carbons (Fsp3) is 0.300. The molecule has 0 spiro atoms. The second-order valence-corrected chi connectivity index (χ2v) is 3.68. The molecule has 0 bridgehead atoms. The number of fused-ring (bicyclic) bond motifs is 2. The van der Waals surface area contributed by atoms with Gasteiger partial charge in [-0.1, -0.05) is 6.08 Å². The Morgan fingerprint density at radius 2 is 2.46 bits per heavy atom. The molecule has 1 aliphatic carbocycles. The maximum absolute atomic E-state index is 5.80. The average Bonchev–Trinajstić information content (AvgIpc) is 2.73. The molecule has 3 nitrogen and oxygen atoms in total. The highest BCUT2D eigenvalue weighted by molar-refractivity contribution is 5.45. The molecule has 3 heteroatoms. The highest BCUT2D eigenvalue weighted by atomic mass is 14.8. The second-order valence-electron chi connectivity index (χ2n) is 3.68. The summed E-state index contributed by atoms with van der Waals surface area (Å²) in [5.41, 5.74) is 8.97. The Morgan fingerprint density at radius 3 is 3.38 bits per heavy atom. The fourth-order valence-electron chi connectivity index (χ4n) is 1.79. The first-order valence-electron chi connectivity index (χ1n) is 4.54. The Balaban J connectivity index is 2.30. The van der Waals surface area contributed by atoms with Crippen molar-refractivity contribution in [1.29, 1.82) is 0 Å². The monoisotopic (exact) mass is 173 g/mol. The molecule has 1 atom stereocenters. The molecule has 3 N–H and O–H groups in total. The van der Waals surface area contributed by atoms with Crippen LogP contribution in [0.25, 0.3) is 6.08 Å². The van der Waals surface area contributed by atoms with Gasteiger partial charge >= 0.3 is 0 Å². The highest BCUT2D eigenvalue weighted by Crippen LogP contribution is 2.40. The maximum Gasteiger partial charge on any atom is 0.139 e. The molecule has 2 heterocycles. The van der Waals surface area contributed by atoms with Crippen LogP contribution in [-0.2, 0) is 0 Å². The van der Waals surface area contributed by atoms with Gasteiger partial charge in [-0.15, -0.1) is 0 Å². The zero-order chi connectivity index (χ0) is 8.84. The SMILES string of the molecule is Nc1c[nH]c2/c1=C\CC1C/C1=C\N=2. The fourth-order valence-corrected chi connectivity index (χ4v) is 1.79. The van der Waals surface area contributed by atoms with Crippen LogP contribution >= 0.6 is 0 Å². The number of nitrogens with two attached hydrogens (primary N) is 1. The molecule has 66 valence electrons. The van der Waals surface area contributed by atoms with Gasteiger partial charge in [0.15, 0.2) is 0 Å². The summed E-state index contributed by atoms with van der Waals surface area (Å²) in [4.78, 5) is 7.43. The Hall–Kier alpha value is -1.51. The van der Waals surface area contributed by atoms with Crippen molar-refractivity contribution in [3.05, 3.63) is 28.7 Å². The number of hydrogen-bond donors (Lipinski definition) is 2. The first kappa shape index (κ1) is 6.95. The van der Waals surface area contributed by atoms with Crippen LogP contribution in [0.5, 0.6) is 0 Å². The summed E-state index contributed by atoms with van der Waals surface area (Å²) in [6.07, 6.45) is 8.29. The minimum absolute atomic E-state index is 0.742. The van der Waals surface area contributed by atoms with Gasteiger partial charge < -0.3 is 10.7 Å². The predicted octanol–water partition coefficient (Wildman–Crippen LogP) is 0.304. The molecule has 3 rings (SSSR count). The van der Waals surface area contributed by atoms with Gasteiger partial charge in [-0.3, -0.25) is 0 Å². The molecular weight excluding hydrogens is 162 g/mol. The lowest BCUT2D eigenvalue weighted by molar-refractivity contribution is 0.918. The van der Waals surface area contributed by atoms with Gasteiger partial charge in [0.1, 0.15) is 5.49 Å². The molecule has 1 fully saturated rings. The minimum atomic E-state index is 0.742. The average molecular weight is 173 g/mol. The largest absolute Gasteiger partial charge is 0.397 e. The van der Waals surface area contributed by atoms with E-state index in [1.807, 2.05) is 6.20 Å². The summed E-state index contributed by atoms with van der Waals surface area (Å²) in [5.74, 6) is 0.742. The van der Waals surface area contributed by atoms with Gasteiger partial charge in [-0.25, -0.2) is 4.99 Å². The van der Waals surface area contributed by atoms with Crippen molar-refractivity contribution in [2.75, 3.05) is 5.73 Å². The van der Waals surface area contributed by atoms with Crippen molar-refractivity contribution in [2.24, 2.45) is 10.9 Å². The highest BCUT2D eigenvalue weighted by Gasteiger charge is 2.28. The van der Waals surface area contributed by atoms with Crippen molar-refractivity contribution in [2.45, 2.75) is 12.8 Å². The van der Waals surface area contributed by atoms with E-state index < -0.39 is 0 Å². The smallest absolute Gasteiger partial charge is 0.139 e. The quantitative estimate of drug-likeness (QED) is 0.582. The van der Waals surface area contributed by atoms with Crippen LogP contribution in [0.1, 0.15) is 12.8 Å². The van der Waals surface area contributed by atoms with Crippen LogP contribution < -0.4 is 16.4 Å². The van der Waals surface area contributed by atoms with Gasteiger partial charge in [0, 0.05) is 17.6 Å². The number of aromatic nitrogens is 1. The molecule has 13 heavy (non-hydrogen) atoms. The van der Waals surface area contributed by atoms with Gasteiger partial charge in [-0.2, -0.15) is 0 Å². The molecule has 1 unspecified atom stereocenters. The molecule has 1 aromatic heterocycles. The molecular formula is C10H11N3. The number of anilines is 1. The maximum atomic E-state index is 5.80. The lowest BCUT2D eigenvalue weighted by Gasteiger charge is -1.90. The normalized spacial score (nSPS) is 33.2. The van der Waals surface area contributed by atoms with E-state index in [4.69, 9.17) is 5.73 Å². The Labute approximate surface area is 75.7 Å². The van der Waals surface area contributed by atoms with Crippen molar-refractivity contribution < 1.29 is 0 Å². The van der Waals surface area contributed by atoms with Crippen molar-refractivity contribution in [3.8, 4) is 0 Å². The van der Waals surface area contributed by atoms with Gasteiger partial charge in [-0.05, 0) is 24.3 Å². The number of nitrogens with zero attached hydrogens (tertiary/aromatic N) is 1. The van der Waals surface area contributed by atoms with E-state index in [1.165, 1.54) is 12.0 Å². The number of aromatic amines is 1. The van der Waals surface area contributed by atoms with E-state index in [2.05, 4.69) is 16.1 Å². The molecule has 0 radical (unpaired) electrons. The van der Waals surface area contributed by atoms with Crippen LogP contribution in [0.4, 0.5) is 5.69 Å². The second kappa shape index (κ2) is 2.25. The molecule has 2 aliphatic rings. The lowest BCUT2D eigenvalue weighted by Crippen LogP contribution is -2.24. The van der Waals surface area contributed by atoms with Crippen LogP contribution in [-0.4, -0.2) is 4.98 Å². The third-order valence-electron chi connectivity index (χ3n) is 2.74. The zero-order valence-electron chi connectivity index (χ0n) is 7.25. The number of H-pyrrole nitrogens is 1. The van der Waals surface area contributed by atoms with Gasteiger partial charge in [0.2, 0.25) is 0 Å². The molecule has 0 saturated heterocycles. The third kappa shape index (κ3) is 1.00. The van der Waals surface area contributed by atoms with Crippen LogP contribution in [0.3, 0.4) is 0 Å². The summed E-state index contributed by atoms with van der Waals surface area (Å²) in [6.45, 7) is 0. The number of allylic oxidation sites excluding steroid dienone is 1. The van der Waals surface area contributed by atoms with Crippen LogP contribution in [0, 0.1) is 5.92 Å². The third-order valence-corrected chi connectivity index (χ3v) is 2.74. The number of hydrogen-bond acceptors (Lipinski definition) is 2. The zero-order valence-corrected chi connectivity index (χ0v) is 7.25. The standard InChI is InChI=1S/C10H11N3/c11-9-5-13-10-8(9)2-1-6-3-7(6)4-12-10/h2,4-6H,1,3,11H2,(H,12,13)/b7-4+,8-2-. The minimum Gasteiger partial charge on any atom is -0.397 e. The molecule has 0 aromatic carbocycles. The van der Waals surface area contributed by atoms with E-state index in [-0.39, 0.29) is 0 Å². The summed E-state index contributed by atoms with van der Waals surface area (Å²) < 4.78 is 0. The van der Waals surface area contributed by atoms with E-state index in [0.29, 0.717) is 0 Å². The van der Waals surface area contributed by atoms with Gasteiger partial charge in [0.25, 0.3) is 0 Å². The van der Waals surface area contributed by atoms with E-state index in [1.54, 1.807) is 6.20 Å². The van der Waals surface area contributed by atoms with Crippen molar-refractivity contribution in [1.82, 2.24) is 4.98 Å². The molecule has 0 amide bonds. The molecule has 1 aromatic rings. The molecule has 1 aliphatic heterocycles. The van der Waals surface area contributed by atoms with Crippen LogP contribution in [0.2, 0.25) is 0 Å². The number of rotatable bonds is 0. The summed E-state index contributed by atoms with van der Waals surface area (Å²) in [6, 6.07) is 0. The summed E-state index contributed by atoms with van der Waals surface area (Å²) in [7, 11) is 0. The summed E-state index contributed by atoms with van der Waals surface area (Å²) in [5, 5.41) is 1.07. The lowest BCUT2D eigenvalue weighted by atomic mass is 10.2. The predicted molar refractivity (Wildman–Crippen MR) is 51.3 cm³/mol. The van der Waals surface area contributed by atoms with E-state index in [0.717, 1.165) is 28.7 Å². The Kier molecular flexibility index (Phi) is 1.20. The van der Waals surface area contributed by atoms with Crippen molar-refractivity contribution >= 4 is 11.8 Å². The van der Waals surface area contributed by atoms with E-state index in [9.17, 15) is 0 Å². The first-order valence-corrected chi connectivity index (χ1v) is 4.54. The van der Waals surface area contributed by atoms with Crippen LogP contribution in [0.15, 0.2) is 23.0 Å². The van der Waals surface area contributed by atoms with Crippen molar-refractivity contribution in [3.63, 3.8) is 0 Å². The summed E-state index contributed by atoms with van der Waals surface area (Å²) >= 11 is 0. The molecule has 1 saturated carbocycles. The number of nitrogens with one attached hydrogen (secondary N) is 1.